The van der Waals surface area contributed by atoms with Crippen molar-refractivity contribution in [3.63, 3.8) is 0 Å². The van der Waals surface area contributed by atoms with Crippen LogP contribution in [0.3, 0.4) is 0 Å². The SMILES string of the molecule is CC(C)n1cc(C(=O)N(CC2CC2)C[C@H]2CN(C)CCO2)nn1. The number of morpholine rings is 1. The molecule has 1 aromatic heterocycles. The summed E-state index contributed by atoms with van der Waals surface area (Å²) in [7, 11) is 2.09. The van der Waals surface area contributed by atoms with Crippen LogP contribution in [-0.4, -0.2) is 76.6 Å². The van der Waals surface area contributed by atoms with E-state index in [1.165, 1.54) is 12.8 Å². The number of carbonyl (C=O) groups is 1. The van der Waals surface area contributed by atoms with Crippen molar-refractivity contribution in [2.45, 2.75) is 38.8 Å². The third-order valence-corrected chi connectivity index (χ3v) is 4.49. The van der Waals surface area contributed by atoms with E-state index < -0.39 is 0 Å². The van der Waals surface area contributed by atoms with Crippen LogP contribution < -0.4 is 0 Å². The van der Waals surface area contributed by atoms with Crippen molar-refractivity contribution in [2.24, 2.45) is 5.92 Å². The number of hydrogen-bond donors (Lipinski definition) is 0. The standard InChI is InChI=1S/C16H27N5O2/c1-12(2)21-11-15(17-18-21)16(22)20(8-13-4-5-13)10-14-9-19(3)6-7-23-14/h11-14H,4-10H2,1-3H3/t14-/m1/s1. The summed E-state index contributed by atoms with van der Waals surface area (Å²) in [6.45, 7) is 8.04. The predicted molar refractivity (Wildman–Crippen MR) is 86.3 cm³/mol. The topological polar surface area (TPSA) is 63.5 Å². The van der Waals surface area contributed by atoms with Gasteiger partial charge >= 0.3 is 0 Å². The first-order valence-electron chi connectivity index (χ1n) is 8.54. The van der Waals surface area contributed by atoms with Crippen LogP contribution in [0.2, 0.25) is 0 Å². The summed E-state index contributed by atoms with van der Waals surface area (Å²) in [5.41, 5.74) is 0.434. The van der Waals surface area contributed by atoms with E-state index in [1.807, 2.05) is 18.7 Å². The maximum atomic E-state index is 12.8. The van der Waals surface area contributed by atoms with Crippen molar-refractivity contribution in [1.29, 1.82) is 0 Å². The van der Waals surface area contributed by atoms with E-state index in [0.29, 0.717) is 18.2 Å². The number of aromatic nitrogens is 3. The molecule has 2 aliphatic rings. The van der Waals surface area contributed by atoms with Gasteiger partial charge in [-0.1, -0.05) is 5.21 Å². The Morgan fingerprint density at radius 1 is 1.43 bits per heavy atom. The van der Waals surface area contributed by atoms with E-state index in [-0.39, 0.29) is 18.1 Å². The minimum Gasteiger partial charge on any atom is -0.374 e. The molecule has 0 radical (unpaired) electrons. The Hall–Kier alpha value is -1.47. The summed E-state index contributed by atoms with van der Waals surface area (Å²) in [5.74, 6) is 0.612. The zero-order valence-electron chi connectivity index (χ0n) is 14.3. The van der Waals surface area contributed by atoms with Gasteiger partial charge in [0, 0.05) is 32.2 Å². The fraction of sp³-hybridized carbons (Fsp3) is 0.812. The number of nitrogens with zero attached hydrogens (tertiary/aromatic N) is 5. The number of rotatable bonds is 6. The van der Waals surface area contributed by atoms with Gasteiger partial charge in [0.25, 0.3) is 5.91 Å². The van der Waals surface area contributed by atoms with E-state index in [9.17, 15) is 4.79 Å². The predicted octanol–water partition coefficient (Wildman–Crippen LogP) is 1.04. The molecule has 1 saturated carbocycles. The molecule has 1 aliphatic heterocycles. The number of likely N-dealkylation sites (N-methyl/N-ethyl adjacent to an activating group) is 1. The largest absolute Gasteiger partial charge is 0.374 e. The van der Waals surface area contributed by atoms with Crippen molar-refractivity contribution < 1.29 is 9.53 Å². The third kappa shape index (κ3) is 4.29. The zero-order valence-corrected chi connectivity index (χ0v) is 14.3. The quantitative estimate of drug-likeness (QED) is 0.783. The average molecular weight is 321 g/mol. The average Bonchev–Trinajstić information content (AvgIpc) is 3.18. The second-order valence-electron chi connectivity index (χ2n) is 7.09. The molecule has 7 heteroatoms. The first-order valence-corrected chi connectivity index (χ1v) is 8.54. The lowest BCUT2D eigenvalue weighted by atomic mass is 10.2. The Balaban J connectivity index is 1.67. The number of amides is 1. The molecule has 0 aromatic carbocycles. The molecule has 1 amide bonds. The summed E-state index contributed by atoms with van der Waals surface area (Å²) < 4.78 is 7.56. The first kappa shape index (κ1) is 16.4. The minimum atomic E-state index is -0.0272. The monoisotopic (exact) mass is 321 g/mol. The molecule has 1 aliphatic carbocycles. The van der Waals surface area contributed by atoms with Gasteiger partial charge in [-0.05, 0) is 39.7 Å². The summed E-state index contributed by atoms with van der Waals surface area (Å²) in [6, 6.07) is 0.205. The van der Waals surface area contributed by atoms with Gasteiger partial charge in [-0.25, -0.2) is 4.68 Å². The van der Waals surface area contributed by atoms with Crippen LogP contribution in [0.4, 0.5) is 0 Å². The van der Waals surface area contributed by atoms with Gasteiger partial charge in [-0.2, -0.15) is 0 Å². The van der Waals surface area contributed by atoms with Gasteiger partial charge in [-0.15, -0.1) is 5.10 Å². The molecule has 128 valence electrons. The fourth-order valence-electron chi connectivity index (χ4n) is 2.86. The highest BCUT2D eigenvalue weighted by atomic mass is 16.5. The van der Waals surface area contributed by atoms with Gasteiger partial charge in [0.15, 0.2) is 5.69 Å². The van der Waals surface area contributed by atoms with Gasteiger partial charge in [0.05, 0.1) is 18.9 Å². The summed E-state index contributed by atoms with van der Waals surface area (Å²) in [6.07, 6.45) is 4.26. The molecule has 0 N–H and O–H groups in total. The van der Waals surface area contributed by atoms with Crippen molar-refractivity contribution in [3.8, 4) is 0 Å². The van der Waals surface area contributed by atoms with E-state index in [0.717, 1.165) is 26.2 Å². The van der Waals surface area contributed by atoms with Crippen LogP contribution in [0.5, 0.6) is 0 Å². The van der Waals surface area contributed by atoms with Crippen molar-refractivity contribution in [1.82, 2.24) is 24.8 Å². The third-order valence-electron chi connectivity index (χ3n) is 4.49. The molecule has 1 atom stereocenters. The van der Waals surface area contributed by atoms with E-state index in [1.54, 1.807) is 10.9 Å². The highest BCUT2D eigenvalue weighted by Gasteiger charge is 2.31. The Morgan fingerprint density at radius 2 is 2.22 bits per heavy atom. The molecule has 2 heterocycles. The van der Waals surface area contributed by atoms with Crippen LogP contribution in [0.25, 0.3) is 0 Å². The second kappa shape index (κ2) is 6.97. The fourth-order valence-corrected chi connectivity index (χ4v) is 2.86. The molecule has 2 fully saturated rings. The molecule has 7 nitrogen and oxygen atoms in total. The van der Waals surface area contributed by atoms with Crippen LogP contribution >= 0.6 is 0 Å². The molecule has 0 spiro atoms. The number of hydrogen-bond acceptors (Lipinski definition) is 5. The molecular formula is C16H27N5O2. The Bertz CT molecular complexity index is 540. The summed E-state index contributed by atoms with van der Waals surface area (Å²) in [4.78, 5) is 17.0. The van der Waals surface area contributed by atoms with E-state index in [4.69, 9.17) is 4.74 Å². The molecule has 1 saturated heterocycles. The zero-order chi connectivity index (χ0) is 16.4. The van der Waals surface area contributed by atoms with Gasteiger partial charge < -0.3 is 14.5 Å². The van der Waals surface area contributed by atoms with Crippen LogP contribution in [0.1, 0.15) is 43.2 Å². The molecular weight excluding hydrogens is 294 g/mol. The smallest absolute Gasteiger partial charge is 0.276 e. The molecule has 23 heavy (non-hydrogen) atoms. The highest BCUT2D eigenvalue weighted by Crippen LogP contribution is 2.30. The highest BCUT2D eigenvalue weighted by molar-refractivity contribution is 5.92. The Morgan fingerprint density at radius 3 is 2.83 bits per heavy atom. The Labute approximate surface area is 137 Å². The van der Waals surface area contributed by atoms with Crippen molar-refractivity contribution >= 4 is 5.91 Å². The first-order chi connectivity index (χ1) is 11.0. The van der Waals surface area contributed by atoms with Crippen molar-refractivity contribution in [2.75, 3.05) is 39.8 Å². The lowest BCUT2D eigenvalue weighted by Crippen LogP contribution is -2.48. The molecule has 0 bridgehead atoms. The maximum absolute atomic E-state index is 12.8. The normalized spacial score (nSPS) is 22.5. The Kier molecular flexibility index (Phi) is 4.96. The van der Waals surface area contributed by atoms with Gasteiger partial charge in [0.1, 0.15) is 0 Å². The molecule has 3 rings (SSSR count). The number of carbonyl (C=O) groups excluding carboxylic acids is 1. The van der Waals surface area contributed by atoms with Crippen molar-refractivity contribution in [3.05, 3.63) is 11.9 Å². The minimum absolute atomic E-state index is 0.0272. The maximum Gasteiger partial charge on any atom is 0.276 e. The van der Waals surface area contributed by atoms with Crippen LogP contribution in [0, 0.1) is 5.92 Å². The molecule has 0 unspecified atom stereocenters. The number of ether oxygens (including phenoxy) is 1. The van der Waals surface area contributed by atoms with E-state index in [2.05, 4.69) is 22.3 Å². The van der Waals surface area contributed by atoms with E-state index >= 15 is 0 Å². The summed E-state index contributed by atoms with van der Waals surface area (Å²) >= 11 is 0. The van der Waals surface area contributed by atoms with Crippen LogP contribution in [-0.2, 0) is 4.74 Å². The van der Waals surface area contributed by atoms with Crippen LogP contribution in [0.15, 0.2) is 6.20 Å². The second-order valence-corrected chi connectivity index (χ2v) is 7.09. The van der Waals surface area contributed by atoms with Gasteiger partial charge in [-0.3, -0.25) is 4.79 Å². The molecule has 1 aromatic rings. The van der Waals surface area contributed by atoms with Gasteiger partial charge in [0.2, 0.25) is 0 Å². The summed E-state index contributed by atoms with van der Waals surface area (Å²) in [5, 5.41) is 8.12. The lowest BCUT2D eigenvalue weighted by Gasteiger charge is -2.33. The lowest BCUT2D eigenvalue weighted by molar-refractivity contribution is -0.0332.